The first-order valence-electron chi connectivity index (χ1n) is 25.0. The van der Waals surface area contributed by atoms with E-state index < -0.39 is 0 Å². The summed E-state index contributed by atoms with van der Waals surface area (Å²) in [5.41, 5.74) is 24.2. The molecule has 2 aliphatic carbocycles. The number of primary amides is 1. The number of aliphatic hydroxyl groups is 1. The Morgan fingerprint density at radius 2 is 1.53 bits per heavy atom. The topological polar surface area (TPSA) is 209 Å². The zero-order chi connectivity index (χ0) is 50.2. The number of amides is 1. The summed E-state index contributed by atoms with van der Waals surface area (Å²) in [6.07, 6.45) is 14.7. The molecule has 1 aliphatic heterocycles. The number of allylic oxidation sites excluding steroid dienone is 2. The molecule has 1 heterocycles. The molecule has 2 saturated carbocycles. The largest absolute Gasteiger partial charge is 0.394 e. The number of anilines is 1. The molecule has 1 amide bonds. The highest BCUT2D eigenvalue weighted by atomic mass is 16.5. The maximum atomic E-state index is 10.7. The predicted molar refractivity (Wildman–Crippen MR) is 279 cm³/mol. The van der Waals surface area contributed by atoms with Gasteiger partial charge in [0, 0.05) is 72.7 Å². The molecule has 2 aromatic rings. The van der Waals surface area contributed by atoms with E-state index in [9.17, 15) is 4.79 Å². The van der Waals surface area contributed by atoms with E-state index in [0.29, 0.717) is 51.8 Å². The van der Waals surface area contributed by atoms with Crippen molar-refractivity contribution in [2.24, 2.45) is 22.7 Å². The van der Waals surface area contributed by atoms with Crippen LogP contribution in [0.25, 0.3) is 11.4 Å². The number of carbonyl (C=O) groups is 1. The van der Waals surface area contributed by atoms with Crippen LogP contribution in [0.1, 0.15) is 143 Å². The quantitative estimate of drug-likeness (QED) is 0.0149. The molecule has 2 fully saturated rings. The average molecular weight is 948 g/mol. The number of unbranched alkanes of at least 4 members (excludes halogenated alkanes) is 1. The van der Waals surface area contributed by atoms with Gasteiger partial charge in [-0.25, -0.2) is 4.79 Å². The van der Waals surface area contributed by atoms with Gasteiger partial charge in [0.15, 0.2) is 0 Å². The summed E-state index contributed by atoms with van der Waals surface area (Å²) in [4.78, 5) is 21.7. The van der Waals surface area contributed by atoms with Gasteiger partial charge in [0.05, 0.1) is 68.9 Å². The van der Waals surface area contributed by atoms with Gasteiger partial charge in [-0.15, -0.1) is 0 Å². The molecule has 14 nitrogen and oxygen atoms in total. The van der Waals surface area contributed by atoms with Crippen molar-refractivity contribution in [3.05, 3.63) is 93.8 Å². The molecule has 0 radical (unpaired) electrons. The van der Waals surface area contributed by atoms with Crippen LogP contribution in [0.2, 0.25) is 0 Å². The van der Waals surface area contributed by atoms with Gasteiger partial charge in [-0.05, 0) is 96.6 Å². The van der Waals surface area contributed by atoms with Crippen LogP contribution >= 0.6 is 0 Å². The number of nitrogens with two attached hydrogens (primary N) is 3. The zero-order valence-corrected chi connectivity index (χ0v) is 43.0. The Bertz CT molecular complexity index is 1880. The highest BCUT2D eigenvalue weighted by molar-refractivity contribution is 5.94. The Hall–Kier alpha value is -4.50. The minimum atomic E-state index is -0.303. The summed E-state index contributed by atoms with van der Waals surface area (Å²) < 4.78 is 23.3. The highest BCUT2D eigenvalue weighted by Gasteiger charge is 2.26. The summed E-state index contributed by atoms with van der Waals surface area (Å²) in [7, 11) is 0. The van der Waals surface area contributed by atoms with Gasteiger partial charge in [-0.1, -0.05) is 88.2 Å². The number of benzene rings is 2. The first-order valence-corrected chi connectivity index (χ1v) is 25.0. The lowest BCUT2D eigenvalue weighted by molar-refractivity contribution is -0.106. The van der Waals surface area contributed by atoms with Crippen molar-refractivity contribution in [2.75, 3.05) is 70.8 Å². The molecule has 0 saturated heterocycles. The van der Waals surface area contributed by atoms with Crippen LogP contribution in [0.5, 0.6) is 0 Å². The maximum absolute atomic E-state index is 10.7. The van der Waals surface area contributed by atoms with Crippen molar-refractivity contribution >= 4 is 29.4 Å². The second-order valence-electron chi connectivity index (χ2n) is 18.6. The Morgan fingerprint density at radius 3 is 2.15 bits per heavy atom. The second-order valence-corrected chi connectivity index (χ2v) is 18.6. The normalized spacial score (nSPS) is 15.5. The van der Waals surface area contributed by atoms with E-state index >= 15 is 0 Å². The van der Waals surface area contributed by atoms with Gasteiger partial charge in [-0.3, -0.25) is 10.6 Å². The minimum absolute atomic E-state index is 0.0586. The Labute approximate surface area is 409 Å². The number of fused-ring (bicyclic) bond motifs is 2. The molecule has 68 heavy (non-hydrogen) atoms. The van der Waals surface area contributed by atoms with Gasteiger partial charge in [0.1, 0.15) is 5.94 Å². The zero-order valence-electron chi connectivity index (χ0n) is 43.0. The summed E-state index contributed by atoms with van der Waals surface area (Å²) in [5.74, 6) is 8.02. The highest BCUT2D eigenvalue weighted by Crippen LogP contribution is 2.37. The third-order valence-corrected chi connectivity index (χ3v) is 11.6. The van der Waals surface area contributed by atoms with Crippen molar-refractivity contribution in [3.63, 3.8) is 0 Å². The SMILES string of the molecule is CC.CC(=C=O)C(N)CCCCOCCN/C1=C(\NN)c2ccccc2CN(C=C2CCC2)c2ccccc21.CCCNC(CCOC(C)(C)COCC(C)(C)COCCO)=C1CCC1.NC=O. The van der Waals surface area contributed by atoms with E-state index in [1.54, 1.807) is 12.5 Å². The molecule has 0 bridgehead atoms. The van der Waals surface area contributed by atoms with Crippen LogP contribution in [-0.4, -0.2) is 95.0 Å². The summed E-state index contributed by atoms with van der Waals surface area (Å²) in [5, 5.41) is 16.0. The van der Waals surface area contributed by atoms with Crippen molar-refractivity contribution in [1.29, 1.82) is 0 Å². The Morgan fingerprint density at radius 1 is 0.868 bits per heavy atom. The van der Waals surface area contributed by atoms with Gasteiger partial charge in [0.2, 0.25) is 6.41 Å². The van der Waals surface area contributed by atoms with Gasteiger partial charge >= 0.3 is 0 Å². The molecular weight excluding hydrogens is 859 g/mol. The van der Waals surface area contributed by atoms with Crippen LogP contribution < -0.4 is 38.3 Å². The van der Waals surface area contributed by atoms with Crippen molar-refractivity contribution < 1.29 is 33.6 Å². The van der Waals surface area contributed by atoms with Crippen molar-refractivity contribution in [3.8, 4) is 0 Å². The fourth-order valence-corrected chi connectivity index (χ4v) is 7.59. The molecule has 10 N–H and O–H groups in total. The second kappa shape index (κ2) is 33.9. The third kappa shape index (κ3) is 21.9. The molecule has 1 unspecified atom stereocenters. The first kappa shape index (κ1) is 59.6. The number of hydrogen-bond acceptors (Lipinski definition) is 13. The number of carbonyl (C=O) groups excluding carboxylic acids is 2. The van der Waals surface area contributed by atoms with Gasteiger partial charge in [-0.2, -0.15) is 0 Å². The monoisotopic (exact) mass is 948 g/mol. The lowest BCUT2D eigenvalue weighted by Crippen LogP contribution is -2.35. The van der Waals surface area contributed by atoms with Gasteiger partial charge in [0.25, 0.3) is 0 Å². The van der Waals surface area contributed by atoms with E-state index in [1.807, 2.05) is 19.8 Å². The van der Waals surface area contributed by atoms with E-state index in [-0.39, 0.29) is 30.1 Å². The summed E-state index contributed by atoms with van der Waals surface area (Å²) >= 11 is 0. The fourth-order valence-electron chi connectivity index (χ4n) is 7.59. The van der Waals surface area contributed by atoms with E-state index in [2.05, 4.69) is 116 Å². The van der Waals surface area contributed by atoms with Crippen LogP contribution in [0, 0.1) is 5.41 Å². The van der Waals surface area contributed by atoms with Crippen molar-refractivity contribution in [2.45, 2.75) is 144 Å². The first-order chi connectivity index (χ1) is 32.8. The van der Waals surface area contributed by atoms with Crippen LogP contribution in [0.4, 0.5) is 5.69 Å². The number of para-hydroxylation sites is 1. The van der Waals surface area contributed by atoms with E-state index in [1.165, 1.54) is 55.4 Å². The number of aliphatic hydroxyl groups excluding tert-OH is 1. The Kier molecular flexibility index (Phi) is 29.7. The lowest BCUT2D eigenvalue weighted by Gasteiger charge is -2.32. The molecule has 3 aliphatic rings. The molecule has 5 rings (SSSR count). The minimum Gasteiger partial charge on any atom is -0.394 e. The molecule has 2 aromatic carbocycles. The number of hydrogen-bond donors (Lipinski definition) is 7. The Balaban J connectivity index is 0.000000450. The number of hydrazine groups is 1. The molecule has 14 heteroatoms. The van der Waals surface area contributed by atoms with Crippen LogP contribution in [-0.2, 0) is 35.1 Å². The van der Waals surface area contributed by atoms with E-state index in [4.69, 9.17) is 40.4 Å². The molecule has 382 valence electrons. The number of nitrogens with zero attached hydrogens (tertiary/aromatic N) is 1. The van der Waals surface area contributed by atoms with Crippen molar-refractivity contribution in [1.82, 2.24) is 16.1 Å². The van der Waals surface area contributed by atoms with Crippen LogP contribution in [0.3, 0.4) is 0 Å². The number of nitrogens with one attached hydrogen (secondary N) is 3. The molecule has 0 spiro atoms. The maximum Gasteiger partial charge on any atom is 0.204 e. The van der Waals surface area contributed by atoms with Gasteiger partial charge < -0.3 is 56.5 Å². The summed E-state index contributed by atoms with van der Waals surface area (Å²) in [6.45, 7) is 22.9. The van der Waals surface area contributed by atoms with Crippen LogP contribution in [0.15, 0.2) is 77.1 Å². The average Bonchev–Trinajstić information content (AvgIpc) is 3.29. The number of ether oxygens (including phenoxy) is 4. The number of rotatable bonds is 27. The smallest absolute Gasteiger partial charge is 0.204 e. The standard InChI is InChI=1S/C30H39N5O2.C21H41NO4.C2H6.CH3NO/c1-22(21-36)27(31)14-6-7-17-37-18-16-33-29-26-13-4-5-15-28(26)35(19-23-9-8-10-23)20-24-11-2-3-12-25(24)30(29)34-32;1-6-11-22-19(18-8-7-9-18)10-13-26-21(4,5)17-25-16-20(2,3)15-24-14-12-23;1-2;2-1-3/h2-5,11-13,15,19,27,33-34H,6-10,14,16-18,20,31-32H2,1H3;22-23H,6-17H2,1-5H3;1-2H3;1H,(H2,2,3)/b30-29-;;;. The summed E-state index contributed by atoms with van der Waals surface area (Å²) in [6, 6.07) is 16.7. The third-order valence-electron chi connectivity index (χ3n) is 11.6. The lowest BCUT2D eigenvalue weighted by atomic mass is 9.89. The molecular formula is C54H89N7O7. The fraction of sp³-hybridized carbons (Fsp3) is 0.611. The predicted octanol–water partition coefficient (Wildman–Crippen LogP) is 8.03. The van der Waals surface area contributed by atoms with E-state index in [0.717, 1.165) is 80.0 Å². The molecule has 1 atom stereocenters. The molecule has 0 aromatic heterocycles.